The van der Waals surface area contributed by atoms with Crippen LogP contribution in [-0.2, 0) is 9.59 Å². The summed E-state index contributed by atoms with van der Waals surface area (Å²) in [5.74, 6) is -0.172. The van der Waals surface area contributed by atoms with Crippen LogP contribution in [0.3, 0.4) is 0 Å². The molecule has 2 atom stereocenters. The number of hydrogen-bond acceptors (Lipinski definition) is 5. The number of carbonyl (C=O) groups is 2. The molecule has 0 saturated heterocycles. The molecule has 5 N–H and O–H groups in total. The summed E-state index contributed by atoms with van der Waals surface area (Å²) in [5, 5.41) is 27.0. The van der Waals surface area contributed by atoms with Crippen LogP contribution in [0.4, 0.5) is 0 Å². The van der Waals surface area contributed by atoms with Crippen molar-refractivity contribution in [2.24, 2.45) is 0 Å². The van der Waals surface area contributed by atoms with Gasteiger partial charge in [-0.3, -0.25) is 14.9 Å². The second kappa shape index (κ2) is 12.6. The van der Waals surface area contributed by atoms with E-state index in [1.54, 1.807) is 6.92 Å². The lowest BCUT2D eigenvalue weighted by Crippen LogP contribution is -2.36. The molecule has 0 fully saturated rings. The smallest absolute Gasteiger partial charge is 0.222 e. The second-order valence-electron chi connectivity index (χ2n) is 5.12. The van der Waals surface area contributed by atoms with Crippen LogP contribution in [0.1, 0.15) is 46.0 Å². The molecule has 21 heavy (non-hydrogen) atoms. The largest absolute Gasteiger partial charge is 0.393 e. The Bertz CT molecular complexity index is 298. The van der Waals surface area contributed by atoms with Crippen LogP contribution >= 0.6 is 0 Å². The topological polar surface area (TPSA) is 111 Å². The Morgan fingerprint density at radius 3 is 2.33 bits per heavy atom. The molecule has 0 aliphatic rings. The highest BCUT2D eigenvalue weighted by Gasteiger charge is 2.06. The van der Waals surface area contributed by atoms with Gasteiger partial charge in [-0.25, -0.2) is 0 Å². The molecule has 0 spiro atoms. The van der Waals surface area contributed by atoms with Gasteiger partial charge in [0.2, 0.25) is 11.8 Å². The lowest BCUT2D eigenvalue weighted by atomic mass is 10.2. The standard InChI is InChI=1S/C14H29N3O4/c1-3-5-12(19)17-9-6-13(20)15-7-4-8-16-14(21)10-11(2)18/h11,13,15,18,20H,3-10H2,1-2H3,(H,16,21)(H,17,19)/t11-,13-/m1/s1. The molecular formula is C14H29N3O4. The van der Waals surface area contributed by atoms with Gasteiger partial charge >= 0.3 is 0 Å². The minimum atomic E-state index is -0.667. The van der Waals surface area contributed by atoms with Gasteiger partial charge in [0, 0.05) is 25.9 Å². The Labute approximate surface area is 126 Å². The molecule has 0 bridgehead atoms. The predicted octanol–water partition coefficient (Wildman–Crippen LogP) is -0.522. The fourth-order valence-corrected chi connectivity index (χ4v) is 1.69. The highest BCUT2D eigenvalue weighted by molar-refractivity contribution is 5.76. The van der Waals surface area contributed by atoms with E-state index in [1.165, 1.54) is 0 Å². The lowest BCUT2D eigenvalue weighted by molar-refractivity contribution is -0.123. The molecule has 0 aromatic carbocycles. The first-order valence-electron chi connectivity index (χ1n) is 7.58. The van der Waals surface area contributed by atoms with E-state index in [-0.39, 0.29) is 18.2 Å². The summed E-state index contributed by atoms with van der Waals surface area (Å²) in [6, 6.07) is 0. The summed E-state index contributed by atoms with van der Waals surface area (Å²) in [5.41, 5.74) is 0. The minimum absolute atomic E-state index is 0.00511. The summed E-state index contributed by atoms with van der Waals surface area (Å²) in [6.07, 6.45) is 1.26. The van der Waals surface area contributed by atoms with Gasteiger partial charge in [0.1, 0.15) is 6.23 Å². The average molecular weight is 303 g/mol. The van der Waals surface area contributed by atoms with Crippen LogP contribution in [-0.4, -0.2) is 54.0 Å². The van der Waals surface area contributed by atoms with Crippen LogP contribution in [0.15, 0.2) is 0 Å². The Morgan fingerprint density at radius 2 is 1.71 bits per heavy atom. The third kappa shape index (κ3) is 13.6. The van der Waals surface area contributed by atoms with E-state index in [2.05, 4.69) is 16.0 Å². The summed E-state index contributed by atoms with van der Waals surface area (Å²) in [4.78, 5) is 22.4. The molecule has 124 valence electrons. The molecule has 0 aromatic heterocycles. The van der Waals surface area contributed by atoms with Gasteiger partial charge < -0.3 is 20.8 Å². The SMILES string of the molecule is CCCC(=O)NCC[C@@H](O)NCCCNC(=O)C[C@@H](C)O. The summed E-state index contributed by atoms with van der Waals surface area (Å²) < 4.78 is 0. The maximum atomic E-state index is 11.2. The van der Waals surface area contributed by atoms with Crippen molar-refractivity contribution in [1.82, 2.24) is 16.0 Å². The number of rotatable bonds is 12. The Hall–Kier alpha value is -1.18. The van der Waals surface area contributed by atoms with Crippen molar-refractivity contribution in [3.05, 3.63) is 0 Å². The predicted molar refractivity (Wildman–Crippen MR) is 80.5 cm³/mol. The van der Waals surface area contributed by atoms with Crippen molar-refractivity contribution in [2.45, 2.75) is 58.3 Å². The molecule has 0 rings (SSSR count). The molecule has 7 nitrogen and oxygen atoms in total. The molecule has 7 heteroatoms. The van der Waals surface area contributed by atoms with Crippen molar-refractivity contribution in [2.75, 3.05) is 19.6 Å². The Morgan fingerprint density at radius 1 is 1.05 bits per heavy atom. The highest BCUT2D eigenvalue weighted by Crippen LogP contribution is 1.90. The Kier molecular flexibility index (Phi) is 11.8. The molecule has 0 saturated carbocycles. The number of amides is 2. The van der Waals surface area contributed by atoms with Crippen molar-refractivity contribution in [3.63, 3.8) is 0 Å². The van der Waals surface area contributed by atoms with E-state index < -0.39 is 12.3 Å². The van der Waals surface area contributed by atoms with E-state index in [4.69, 9.17) is 5.11 Å². The zero-order valence-corrected chi connectivity index (χ0v) is 13.0. The third-order valence-electron chi connectivity index (χ3n) is 2.75. The summed E-state index contributed by atoms with van der Waals surface area (Å²) in [6.45, 7) is 5.02. The van der Waals surface area contributed by atoms with Crippen LogP contribution in [0.5, 0.6) is 0 Å². The van der Waals surface area contributed by atoms with E-state index in [0.29, 0.717) is 38.9 Å². The molecule has 0 aliphatic heterocycles. The van der Waals surface area contributed by atoms with Crippen LogP contribution in [0.2, 0.25) is 0 Å². The maximum Gasteiger partial charge on any atom is 0.222 e. The molecule has 0 radical (unpaired) electrons. The van der Waals surface area contributed by atoms with Crippen LogP contribution < -0.4 is 16.0 Å². The zero-order valence-electron chi connectivity index (χ0n) is 13.0. The fraction of sp³-hybridized carbons (Fsp3) is 0.857. The summed E-state index contributed by atoms with van der Waals surface area (Å²) in [7, 11) is 0. The number of aliphatic hydroxyl groups excluding tert-OH is 2. The molecular weight excluding hydrogens is 274 g/mol. The number of aliphatic hydroxyl groups is 2. The Balaban J connectivity index is 3.43. The molecule has 0 aromatic rings. The van der Waals surface area contributed by atoms with Gasteiger partial charge in [-0.05, 0) is 26.3 Å². The molecule has 2 amide bonds. The van der Waals surface area contributed by atoms with Gasteiger partial charge in [0.15, 0.2) is 0 Å². The van der Waals surface area contributed by atoms with E-state index in [0.717, 1.165) is 6.42 Å². The number of carbonyl (C=O) groups excluding carboxylic acids is 2. The van der Waals surface area contributed by atoms with Crippen molar-refractivity contribution < 1.29 is 19.8 Å². The quantitative estimate of drug-likeness (QED) is 0.246. The van der Waals surface area contributed by atoms with Crippen LogP contribution in [0, 0.1) is 0 Å². The number of hydrogen-bond donors (Lipinski definition) is 5. The molecule has 0 heterocycles. The second-order valence-corrected chi connectivity index (χ2v) is 5.12. The molecule has 0 unspecified atom stereocenters. The first kappa shape index (κ1) is 19.8. The van der Waals surface area contributed by atoms with Gasteiger partial charge in [-0.15, -0.1) is 0 Å². The first-order valence-corrected chi connectivity index (χ1v) is 7.58. The fourth-order valence-electron chi connectivity index (χ4n) is 1.69. The first-order chi connectivity index (χ1) is 9.95. The normalized spacial score (nSPS) is 13.5. The highest BCUT2D eigenvalue weighted by atomic mass is 16.3. The van der Waals surface area contributed by atoms with Crippen LogP contribution in [0.25, 0.3) is 0 Å². The van der Waals surface area contributed by atoms with Gasteiger partial charge in [0.05, 0.1) is 12.5 Å². The number of nitrogens with one attached hydrogen (secondary N) is 3. The minimum Gasteiger partial charge on any atom is -0.393 e. The van der Waals surface area contributed by atoms with Crippen molar-refractivity contribution >= 4 is 11.8 Å². The lowest BCUT2D eigenvalue weighted by Gasteiger charge is -2.13. The average Bonchev–Trinajstić information content (AvgIpc) is 2.37. The van der Waals surface area contributed by atoms with Gasteiger partial charge in [-0.1, -0.05) is 6.92 Å². The zero-order chi connectivity index (χ0) is 16.1. The third-order valence-corrected chi connectivity index (χ3v) is 2.75. The van der Waals surface area contributed by atoms with E-state index in [1.807, 2.05) is 6.92 Å². The van der Waals surface area contributed by atoms with E-state index in [9.17, 15) is 14.7 Å². The maximum absolute atomic E-state index is 11.2. The van der Waals surface area contributed by atoms with Crippen molar-refractivity contribution in [3.8, 4) is 0 Å². The van der Waals surface area contributed by atoms with Gasteiger partial charge in [-0.2, -0.15) is 0 Å². The van der Waals surface area contributed by atoms with Gasteiger partial charge in [0.25, 0.3) is 0 Å². The summed E-state index contributed by atoms with van der Waals surface area (Å²) >= 11 is 0. The monoisotopic (exact) mass is 303 g/mol. The van der Waals surface area contributed by atoms with Crippen molar-refractivity contribution in [1.29, 1.82) is 0 Å². The van der Waals surface area contributed by atoms with E-state index >= 15 is 0 Å². The molecule has 0 aliphatic carbocycles.